The number of carbonyl (C=O) groups excluding carboxylic acids is 2. The van der Waals surface area contributed by atoms with Gasteiger partial charge in [-0.2, -0.15) is 0 Å². The Bertz CT molecular complexity index is 1380. The molecule has 0 unspecified atom stereocenters. The third kappa shape index (κ3) is 6.01. The predicted molar refractivity (Wildman–Crippen MR) is 159 cm³/mol. The average Bonchev–Trinajstić information content (AvgIpc) is 3.55. The van der Waals surface area contributed by atoms with Crippen molar-refractivity contribution < 1.29 is 9.59 Å². The highest BCUT2D eigenvalue weighted by molar-refractivity contribution is 6.35. The number of aryl methyl sites for hydroxylation is 1. The fourth-order valence-corrected chi connectivity index (χ4v) is 5.58. The Balaban J connectivity index is 1.27. The molecule has 1 aromatic heterocycles. The van der Waals surface area contributed by atoms with Crippen molar-refractivity contribution in [2.75, 3.05) is 36.8 Å². The number of amides is 3. The number of anilines is 2. The Morgan fingerprint density at radius 3 is 2.62 bits per heavy atom. The van der Waals surface area contributed by atoms with Crippen molar-refractivity contribution in [3.63, 3.8) is 0 Å². The van der Waals surface area contributed by atoms with Gasteiger partial charge in [0.1, 0.15) is 5.84 Å². The summed E-state index contributed by atoms with van der Waals surface area (Å²) in [6, 6.07) is 5.12. The Kier molecular flexibility index (Phi) is 7.49. The molecular weight excluding hydrogens is 488 g/mol. The number of nitrogens with zero attached hydrogens (tertiary/aromatic N) is 2. The molecule has 3 amide bonds. The molecule has 8 heteroatoms. The van der Waals surface area contributed by atoms with E-state index in [0.29, 0.717) is 29.3 Å². The van der Waals surface area contributed by atoms with Crippen LogP contribution in [0.2, 0.25) is 0 Å². The number of piperidine rings is 1. The molecule has 0 bridgehead atoms. The minimum atomic E-state index is -0.366. The lowest BCUT2D eigenvalue weighted by Gasteiger charge is -2.26. The molecule has 4 N–H and O–H groups in total. The second-order valence-corrected chi connectivity index (χ2v) is 11.9. The Labute approximate surface area is 231 Å². The fourth-order valence-electron chi connectivity index (χ4n) is 5.58. The molecule has 4 heterocycles. The van der Waals surface area contributed by atoms with Crippen molar-refractivity contribution in [3.05, 3.63) is 57.9 Å². The van der Waals surface area contributed by atoms with Crippen LogP contribution in [-0.2, 0) is 11.2 Å². The van der Waals surface area contributed by atoms with E-state index in [0.717, 1.165) is 29.9 Å². The molecule has 5 rings (SSSR count). The molecule has 8 nitrogen and oxygen atoms in total. The van der Waals surface area contributed by atoms with Crippen LogP contribution in [0.5, 0.6) is 0 Å². The zero-order valence-electron chi connectivity index (χ0n) is 23.8. The Morgan fingerprint density at radius 2 is 1.90 bits per heavy atom. The van der Waals surface area contributed by atoms with Crippen molar-refractivity contribution in [1.82, 2.24) is 15.2 Å². The second-order valence-electron chi connectivity index (χ2n) is 11.9. The topological polar surface area (TPSA) is 102 Å². The lowest BCUT2D eigenvalue weighted by atomic mass is 9.87. The van der Waals surface area contributed by atoms with Crippen LogP contribution in [0.1, 0.15) is 68.1 Å². The van der Waals surface area contributed by atoms with Crippen LogP contribution < -0.4 is 16.0 Å². The Morgan fingerprint density at radius 1 is 1.13 bits per heavy atom. The van der Waals surface area contributed by atoms with Crippen molar-refractivity contribution >= 4 is 40.8 Å². The van der Waals surface area contributed by atoms with Gasteiger partial charge in [0.2, 0.25) is 0 Å². The van der Waals surface area contributed by atoms with E-state index in [1.165, 1.54) is 49.1 Å². The van der Waals surface area contributed by atoms with Crippen molar-refractivity contribution in [3.8, 4) is 0 Å². The zero-order valence-corrected chi connectivity index (χ0v) is 23.8. The molecule has 1 saturated heterocycles. The third-order valence-electron chi connectivity index (χ3n) is 8.04. The molecule has 0 radical (unpaired) electrons. The van der Waals surface area contributed by atoms with Crippen LogP contribution >= 0.6 is 0 Å². The smallest absolute Gasteiger partial charge is 0.324 e. The van der Waals surface area contributed by atoms with Gasteiger partial charge in [-0.1, -0.05) is 33.3 Å². The number of benzene rings is 1. The quantitative estimate of drug-likeness (QED) is 0.377. The molecule has 1 fully saturated rings. The van der Waals surface area contributed by atoms with Crippen LogP contribution in [-0.4, -0.2) is 53.8 Å². The molecule has 3 aliphatic rings. The van der Waals surface area contributed by atoms with Crippen LogP contribution in [0, 0.1) is 19.3 Å². The Hall–Kier alpha value is -3.65. The maximum Gasteiger partial charge on any atom is 0.324 e. The highest BCUT2D eigenvalue weighted by Gasteiger charge is 2.26. The maximum atomic E-state index is 12.9. The minimum absolute atomic E-state index is 0.0127. The summed E-state index contributed by atoms with van der Waals surface area (Å²) in [5.74, 6) is 0.414. The number of carbonyl (C=O) groups is 2. The minimum Gasteiger partial charge on any atom is -0.359 e. The molecule has 1 aromatic carbocycles. The summed E-state index contributed by atoms with van der Waals surface area (Å²) < 4.78 is 0. The molecule has 39 heavy (non-hydrogen) atoms. The lowest BCUT2D eigenvalue weighted by Crippen LogP contribution is -2.32. The number of aliphatic imine (C=N–C) groups is 1. The first-order valence-corrected chi connectivity index (χ1v) is 14.0. The number of fused-ring (bicyclic) bond motifs is 1. The van der Waals surface area contributed by atoms with E-state index in [1.54, 1.807) is 6.07 Å². The normalized spacial score (nSPS) is 18.6. The van der Waals surface area contributed by atoms with E-state index in [-0.39, 0.29) is 17.4 Å². The van der Waals surface area contributed by atoms with Crippen molar-refractivity contribution in [2.24, 2.45) is 10.4 Å². The lowest BCUT2D eigenvalue weighted by molar-refractivity contribution is -0.110. The molecule has 206 valence electrons. The maximum absolute atomic E-state index is 12.9. The number of urea groups is 1. The summed E-state index contributed by atoms with van der Waals surface area (Å²) in [6.07, 6.45) is 8.83. The van der Waals surface area contributed by atoms with Crippen LogP contribution in [0.25, 0.3) is 11.6 Å². The number of nitrogens with one attached hydrogen (secondary N) is 4. The highest BCUT2D eigenvalue weighted by Crippen LogP contribution is 2.36. The van der Waals surface area contributed by atoms with Gasteiger partial charge in [0, 0.05) is 29.2 Å². The van der Waals surface area contributed by atoms with Crippen LogP contribution in [0.15, 0.2) is 34.8 Å². The summed E-state index contributed by atoms with van der Waals surface area (Å²) in [7, 11) is 0. The van der Waals surface area contributed by atoms with Crippen molar-refractivity contribution in [1.29, 1.82) is 0 Å². The van der Waals surface area contributed by atoms with Gasteiger partial charge in [0.05, 0.1) is 17.8 Å². The average molecular weight is 529 g/mol. The van der Waals surface area contributed by atoms with Gasteiger partial charge in [-0.05, 0) is 92.6 Å². The van der Waals surface area contributed by atoms with E-state index in [9.17, 15) is 9.59 Å². The standard InChI is InChI=1S/C31H40N6O2/c1-19-23(11-14-37-12-7-6-8-13-37)20(2)33-26(19)17-25-24-10-9-22(16-27(24)35-29(25)38)34-30(39)36-28-15-21(18-32-28)31(3,4)5/h9-10,15-17,33H,6-8,11-14,18H2,1-5H3,(H,35,38)(H2,32,34,36,39)/b25-17-. The fraction of sp³-hybridized carbons (Fsp3) is 0.452. The number of hydrogen-bond donors (Lipinski definition) is 4. The second kappa shape index (κ2) is 10.8. The predicted octanol–water partition coefficient (Wildman–Crippen LogP) is 5.66. The van der Waals surface area contributed by atoms with E-state index in [4.69, 9.17) is 0 Å². The molecule has 0 spiro atoms. The van der Waals surface area contributed by atoms with Crippen LogP contribution in [0.3, 0.4) is 0 Å². The molecule has 3 aliphatic heterocycles. The SMILES string of the molecule is Cc1[nH]c(/C=C2\C(=O)Nc3cc(NC(=O)NC4=NCC(C(C)(C)C)=C4)ccc32)c(C)c1CCN1CCCCC1. The number of rotatable bonds is 5. The highest BCUT2D eigenvalue weighted by atomic mass is 16.2. The van der Waals surface area contributed by atoms with Crippen molar-refractivity contribution in [2.45, 2.75) is 60.3 Å². The van der Waals surface area contributed by atoms with Gasteiger partial charge < -0.3 is 20.5 Å². The monoisotopic (exact) mass is 528 g/mol. The molecule has 0 saturated carbocycles. The summed E-state index contributed by atoms with van der Waals surface area (Å²) in [5.41, 5.74) is 8.59. The van der Waals surface area contributed by atoms with Gasteiger partial charge in [-0.15, -0.1) is 0 Å². The first kappa shape index (κ1) is 26.9. The molecule has 0 atom stereocenters. The first-order chi connectivity index (χ1) is 18.6. The van der Waals surface area contributed by atoms with E-state index in [1.807, 2.05) is 24.3 Å². The third-order valence-corrected chi connectivity index (χ3v) is 8.04. The van der Waals surface area contributed by atoms with Gasteiger partial charge in [-0.3, -0.25) is 15.1 Å². The molecular formula is C31H40N6O2. The van der Waals surface area contributed by atoms with E-state index in [2.05, 4.69) is 65.4 Å². The van der Waals surface area contributed by atoms with Gasteiger partial charge in [0.25, 0.3) is 5.91 Å². The van der Waals surface area contributed by atoms with Gasteiger partial charge >= 0.3 is 6.03 Å². The zero-order chi connectivity index (χ0) is 27.7. The largest absolute Gasteiger partial charge is 0.359 e. The summed E-state index contributed by atoms with van der Waals surface area (Å²) in [6.45, 7) is 14.7. The molecule has 0 aliphatic carbocycles. The summed E-state index contributed by atoms with van der Waals surface area (Å²) >= 11 is 0. The van der Waals surface area contributed by atoms with Crippen LogP contribution in [0.4, 0.5) is 16.2 Å². The number of hydrogen-bond acceptors (Lipinski definition) is 4. The number of likely N-dealkylation sites (tertiary alicyclic amines) is 1. The van der Waals surface area contributed by atoms with E-state index >= 15 is 0 Å². The number of H-pyrrole nitrogens is 1. The number of amidine groups is 1. The van der Waals surface area contributed by atoms with Gasteiger partial charge in [-0.25, -0.2) is 4.79 Å². The summed E-state index contributed by atoms with van der Waals surface area (Å²) in [5, 5.41) is 8.61. The first-order valence-electron chi connectivity index (χ1n) is 14.0. The van der Waals surface area contributed by atoms with E-state index < -0.39 is 0 Å². The summed E-state index contributed by atoms with van der Waals surface area (Å²) in [4.78, 5) is 36.0. The number of aromatic amines is 1. The van der Waals surface area contributed by atoms with Gasteiger partial charge in [0.15, 0.2) is 0 Å². The number of aromatic nitrogens is 1. The molecule has 2 aromatic rings.